The molecule has 0 spiro atoms. The predicted molar refractivity (Wildman–Crippen MR) is 129 cm³/mol. The molecule has 0 saturated carbocycles. The average Bonchev–Trinajstić information content (AvgIpc) is 2.86. The number of sulfonamides is 1. The number of rotatable bonds is 7. The van der Waals surface area contributed by atoms with Crippen LogP contribution in [0.5, 0.6) is 0 Å². The van der Waals surface area contributed by atoms with Crippen LogP contribution in [-0.4, -0.2) is 54.6 Å². The van der Waals surface area contributed by atoms with Crippen LogP contribution in [0.2, 0.25) is 0 Å². The van der Waals surface area contributed by atoms with E-state index in [1.165, 1.54) is 12.1 Å². The van der Waals surface area contributed by atoms with Crippen molar-refractivity contribution in [1.82, 2.24) is 14.3 Å². The van der Waals surface area contributed by atoms with Crippen LogP contribution in [0.4, 0.5) is 10.2 Å². The minimum absolute atomic E-state index is 0.106. The maximum atomic E-state index is 13.5. The van der Waals surface area contributed by atoms with Crippen molar-refractivity contribution in [3.8, 4) is 11.4 Å². The molecule has 0 atom stereocenters. The maximum Gasteiger partial charge on any atom is 0.213 e. The summed E-state index contributed by atoms with van der Waals surface area (Å²) in [5.74, 6) is 1.33. The Morgan fingerprint density at radius 2 is 1.58 bits per heavy atom. The van der Waals surface area contributed by atoms with Gasteiger partial charge in [0.15, 0.2) is 5.82 Å². The van der Waals surface area contributed by atoms with Crippen molar-refractivity contribution in [3.63, 3.8) is 0 Å². The van der Waals surface area contributed by atoms with Crippen molar-refractivity contribution in [3.05, 3.63) is 77.2 Å². The molecule has 0 bridgehead atoms. The summed E-state index contributed by atoms with van der Waals surface area (Å²) in [6, 6.07) is 16.4. The van der Waals surface area contributed by atoms with Crippen LogP contribution in [0.25, 0.3) is 11.4 Å². The molecular weight excluding hydrogens is 439 g/mol. The summed E-state index contributed by atoms with van der Waals surface area (Å²) in [6.45, 7) is 5.72. The fourth-order valence-electron chi connectivity index (χ4n) is 4.14. The van der Waals surface area contributed by atoms with Gasteiger partial charge in [0.25, 0.3) is 0 Å². The van der Waals surface area contributed by atoms with Crippen LogP contribution in [0.3, 0.4) is 0 Å². The molecule has 1 aromatic heterocycles. The lowest BCUT2D eigenvalue weighted by Gasteiger charge is -2.36. The van der Waals surface area contributed by atoms with Crippen LogP contribution in [-0.2, 0) is 22.9 Å². The van der Waals surface area contributed by atoms with Crippen molar-refractivity contribution in [2.45, 2.75) is 26.7 Å². The summed E-state index contributed by atoms with van der Waals surface area (Å²) < 4.78 is 39.7. The summed E-state index contributed by atoms with van der Waals surface area (Å²) in [4.78, 5) is 12.0. The summed E-state index contributed by atoms with van der Waals surface area (Å²) >= 11 is 0. The van der Waals surface area contributed by atoms with Crippen LogP contribution >= 0.6 is 0 Å². The fraction of sp³-hybridized carbons (Fsp3) is 0.360. The van der Waals surface area contributed by atoms with Gasteiger partial charge in [0.1, 0.15) is 11.6 Å². The largest absolute Gasteiger partial charge is 0.354 e. The number of aryl methyl sites for hydroxylation is 1. The Morgan fingerprint density at radius 3 is 2.18 bits per heavy atom. The summed E-state index contributed by atoms with van der Waals surface area (Å²) in [7, 11) is -3.22. The molecule has 0 radical (unpaired) electrons. The normalized spacial score (nSPS) is 15.1. The van der Waals surface area contributed by atoms with Crippen molar-refractivity contribution in [2.24, 2.45) is 0 Å². The van der Waals surface area contributed by atoms with Crippen molar-refractivity contribution in [2.75, 3.05) is 36.8 Å². The van der Waals surface area contributed by atoms with Gasteiger partial charge in [-0.05, 0) is 31.0 Å². The molecule has 2 aromatic carbocycles. The minimum Gasteiger partial charge on any atom is -0.354 e. The Labute approximate surface area is 195 Å². The Kier molecular flexibility index (Phi) is 7.05. The standard InChI is InChI=1S/C25H29FN4O2S/c1-3-23-22(18-19-10-12-21(26)13-11-19)25(28-24(27-23)20-8-6-5-7-9-20)29-14-16-30(17-15-29)33(31,32)4-2/h5-13H,3-4,14-18H2,1-2H3. The zero-order valence-electron chi connectivity index (χ0n) is 19.0. The molecule has 1 saturated heterocycles. The molecule has 0 unspecified atom stereocenters. The summed E-state index contributed by atoms with van der Waals surface area (Å²) in [5.41, 5.74) is 3.88. The van der Waals surface area contributed by atoms with E-state index in [2.05, 4.69) is 11.8 Å². The lowest BCUT2D eigenvalue weighted by Crippen LogP contribution is -2.49. The van der Waals surface area contributed by atoms with Crippen LogP contribution in [0, 0.1) is 5.82 Å². The highest BCUT2D eigenvalue weighted by Gasteiger charge is 2.28. The molecule has 1 aliphatic heterocycles. The number of anilines is 1. The first kappa shape index (κ1) is 23.3. The molecule has 4 rings (SSSR count). The second-order valence-corrected chi connectivity index (χ2v) is 10.4. The number of benzene rings is 2. The SMILES string of the molecule is CCc1nc(-c2ccccc2)nc(N2CCN(S(=O)(=O)CC)CC2)c1Cc1ccc(F)cc1. The highest BCUT2D eigenvalue weighted by Crippen LogP contribution is 2.29. The number of hydrogen-bond acceptors (Lipinski definition) is 5. The quantitative estimate of drug-likeness (QED) is 0.526. The Bertz CT molecular complexity index is 1190. The first-order valence-corrected chi connectivity index (χ1v) is 12.9. The van der Waals surface area contributed by atoms with E-state index in [9.17, 15) is 12.8 Å². The highest BCUT2D eigenvalue weighted by molar-refractivity contribution is 7.89. The van der Waals surface area contributed by atoms with Crippen molar-refractivity contribution >= 4 is 15.8 Å². The number of aromatic nitrogens is 2. The molecule has 0 amide bonds. The lowest BCUT2D eigenvalue weighted by atomic mass is 10.0. The molecule has 33 heavy (non-hydrogen) atoms. The summed E-state index contributed by atoms with van der Waals surface area (Å²) in [5, 5.41) is 0. The number of nitrogens with zero attached hydrogens (tertiary/aromatic N) is 4. The zero-order valence-corrected chi connectivity index (χ0v) is 19.9. The van der Waals surface area contributed by atoms with Crippen LogP contribution < -0.4 is 4.90 Å². The van der Waals surface area contributed by atoms with E-state index in [0.29, 0.717) is 38.4 Å². The Balaban J connectivity index is 1.74. The van der Waals surface area contributed by atoms with E-state index in [1.807, 2.05) is 30.3 Å². The fourth-order valence-corrected chi connectivity index (χ4v) is 5.22. The number of piperazine rings is 1. The molecule has 1 aliphatic rings. The van der Waals surface area contributed by atoms with Crippen LogP contribution in [0.15, 0.2) is 54.6 Å². The molecule has 0 N–H and O–H groups in total. The van der Waals surface area contributed by atoms with Crippen LogP contribution in [0.1, 0.15) is 30.7 Å². The zero-order chi connectivity index (χ0) is 23.4. The predicted octanol–water partition coefficient (Wildman–Crippen LogP) is 3.91. The monoisotopic (exact) mass is 468 g/mol. The van der Waals surface area contributed by atoms with Gasteiger partial charge >= 0.3 is 0 Å². The van der Waals surface area contributed by atoms with Gasteiger partial charge in [-0.3, -0.25) is 0 Å². The van der Waals surface area contributed by atoms with Gasteiger partial charge in [0, 0.05) is 49.4 Å². The number of halogens is 1. The van der Waals surface area contributed by atoms with Gasteiger partial charge in [0.05, 0.1) is 5.75 Å². The average molecular weight is 469 g/mol. The molecule has 1 fully saturated rings. The first-order valence-electron chi connectivity index (χ1n) is 11.3. The Morgan fingerprint density at radius 1 is 0.909 bits per heavy atom. The van der Waals surface area contributed by atoms with E-state index in [-0.39, 0.29) is 11.6 Å². The third kappa shape index (κ3) is 5.23. The second-order valence-electron chi connectivity index (χ2n) is 8.11. The van der Waals surface area contributed by atoms with E-state index in [1.54, 1.807) is 23.4 Å². The molecule has 3 aromatic rings. The highest BCUT2D eigenvalue weighted by atomic mass is 32.2. The van der Waals surface area contributed by atoms with Gasteiger partial charge < -0.3 is 4.90 Å². The van der Waals surface area contributed by atoms with Crippen molar-refractivity contribution < 1.29 is 12.8 Å². The van der Waals surface area contributed by atoms with Gasteiger partial charge in [-0.2, -0.15) is 4.31 Å². The van der Waals surface area contributed by atoms with E-state index < -0.39 is 10.0 Å². The van der Waals surface area contributed by atoms with Gasteiger partial charge in [0.2, 0.25) is 10.0 Å². The first-order chi connectivity index (χ1) is 15.9. The molecule has 6 nitrogen and oxygen atoms in total. The molecular formula is C25H29FN4O2S. The third-order valence-corrected chi connectivity index (χ3v) is 7.91. The number of hydrogen-bond donors (Lipinski definition) is 0. The van der Waals surface area contributed by atoms with E-state index >= 15 is 0 Å². The minimum atomic E-state index is -3.22. The third-order valence-electron chi connectivity index (χ3n) is 6.03. The molecule has 174 valence electrons. The molecule has 0 aliphatic carbocycles. The maximum absolute atomic E-state index is 13.5. The second kappa shape index (κ2) is 9.97. The van der Waals surface area contributed by atoms with Gasteiger partial charge in [-0.25, -0.2) is 22.8 Å². The topological polar surface area (TPSA) is 66.4 Å². The summed E-state index contributed by atoms with van der Waals surface area (Å²) in [6.07, 6.45) is 1.32. The van der Waals surface area contributed by atoms with E-state index in [0.717, 1.165) is 34.6 Å². The lowest BCUT2D eigenvalue weighted by molar-refractivity contribution is 0.384. The Hall–Kier alpha value is -2.84. The van der Waals surface area contributed by atoms with Gasteiger partial charge in [-0.1, -0.05) is 49.4 Å². The smallest absolute Gasteiger partial charge is 0.213 e. The van der Waals surface area contributed by atoms with Crippen molar-refractivity contribution in [1.29, 1.82) is 0 Å². The molecule has 8 heteroatoms. The van der Waals surface area contributed by atoms with Gasteiger partial charge in [-0.15, -0.1) is 0 Å². The van der Waals surface area contributed by atoms with E-state index in [4.69, 9.17) is 9.97 Å². The molecule has 2 heterocycles.